The Hall–Kier alpha value is -2.34. The van der Waals surface area contributed by atoms with Crippen molar-refractivity contribution in [3.05, 3.63) is 65.2 Å². The van der Waals surface area contributed by atoms with Gasteiger partial charge in [-0.1, -0.05) is 36.4 Å². The van der Waals surface area contributed by atoms with Gasteiger partial charge in [0.1, 0.15) is 6.04 Å². The standard InChI is InChI=1S/C22H30N2O3S/c1-16-13-17(2)15-21(14-16)24(28(5,26)27)19(4)22(25)23-18(3)11-12-20-9-7-6-8-10-20/h6-10,13-15,18-19H,11-12H2,1-5H3,(H,23,25)/t18-,19-/m0/s1. The number of benzene rings is 2. The van der Waals surface area contributed by atoms with Crippen LogP contribution in [0.15, 0.2) is 48.5 Å². The largest absolute Gasteiger partial charge is 0.352 e. The normalized spacial score (nSPS) is 13.6. The molecule has 0 aromatic heterocycles. The molecule has 0 unspecified atom stereocenters. The summed E-state index contributed by atoms with van der Waals surface area (Å²) < 4.78 is 26.1. The number of sulfonamides is 1. The third-order valence-corrected chi connectivity index (χ3v) is 5.89. The number of amides is 1. The number of hydrogen-bond acceptors (Lipinski definition) is 3. The molecule has 1 N–H and O–H groups in total. The topological polar surface area (TPSA) is 66.5 Å². The zero-order chi connectivity index (χ0) is 20.9. The van der Waals surface area contributed by atoms with Gasteiger partial charge in [0.2, 0.25) is 15.9 Å². The maximum absolute atomic E-state index is 12.8. The monoisotopic (exact) mass is 402 g/mol. The summed E-state index contributed by atoms with van der Waals surface area (Å²) in [5.41, 5.74) is 3.63. The molecule has 0 heterocycles. The second kappa shape index (κ2) is 9.24. The Kier molecular flexibility index (Phi) is 7.24. The van der Waals surface area contributed by atoms with Crippen molar-refractivity contribution in [2.45, 2.75) is 52.6 Å². The summed E-state index contributed by atoms with van der Waals surface area (Å²) in [5, 5.41) is 2.96. The van der Waals surface area contributed by atoms with E-state index < -0.39 is 16.1 Å². The first-order valence-electron chi connectivity index (χ1n) is 9.50. The highest BCUT2D eigenvalue weighted by atomic mass is 32.2. The van der Waals surface area contributed by atoms with Gasteiger partial charge < -0.3 is 5.32 Å². The van der Waals surface area contributed by atoms with Gasteiger partial charge in [-0.05, 0) is 69.4 Å². The van der Waals surface area contributed by atoms with Crippen molar-refractivity contribution in [1.82, 2.24) is 5.32 Å². The molecule has 0 aliphatic carbocycles. The molecule has 6 heteroatoms. The number of rotatable bonds is 8. The number of carbonyl (C=O) groups excluding carboxylic acids is 1. The van der Waals surface area contributed by atoms with Gasteiger partial charge >= 0.3 is 0 Å². The molecule has 28 heavy (non-hydrogen) atoms. The minimum Gasteiger partial charge on any atom is -0.352 e. The number of nitrogens with zero attached hydrogens (tertiary/aromatic N) is 1. The van der Waals surface area contributed by atoms with E-state index in [1.807, 2.05) is 45.0 Å². The van der Waals surface area contributed by atoms with Gasteiger partial charge in [-0.2, -0.15) is 0 Å². The molecule has 0 aliphatic heterocycles. The fraction of sp³-hybridized carbons (Fsp3) is 0.409. The number of anilines is 1. The molecule has 1 amide bonds. The van der Waals surface area contributed by atoms with Gasteiger partial charge in [0, 0.05) is 6.04 Å². The molecule has 5 nitrogen and oxygen atoms in total. The molecular weight excluding hydrogens is 372 g/mol. The predicted octanol–water partition coefficient (Wildman–Crippen LogP) is 3.60. The van der Waals surface area contributed by atoms with Crippen LogP contribution in [-0.4, -0.2) is 32.7 Å². The number of nitrogens with one attached hydrogen (secondary N) is 1. The molecule has 0 aliphatic rings. The third kappa shape index (κ3) is 6.09. The highest BCUT2D eigenvalue weighted by Crippen LogP contribution is 2.24. The van der Waals surface area contributed by atoms with Crippen LogP contribution in [0, 0.1) is 13.8 Å². The van der Waals surface area contributed by atoms with Crippen LogP contribution in [0.2, 0.25) is 0 Å². The Morgan fingerprint density at radius 1 is 1.04 bits per heavy atom. The van der Waals surface area contributed by atoms with Crippen LogP contribution in [0.4, 0.5) is 5.69 Å². The molecule has 2 aromatic carbocycles. The van der Waals surface area contributed by atoms with Crippen molar-refractivity contribution in [1.29, 1.82) is 0 Å². The molecule has 0 bridgehead atoms. The lowest BCUT2D eigenvalue weighted by atomic mass is 10.1. The Bertz CT molecular complexity index is 890. The molecule has 2 rings (SSSR count). The van der Waals surface area contributed by atoms with E-state index in [-0.39, 0.29) is 11.9 Å². The molecule has 0 saturated heterocycles. The van der Waals surface area contributed by atoms with Crippen molar-refractivity contribution in [3.63, 3.8) is 0 Å². The first-order chi connectivity index (χ1) is 13.1. The van der Waals surface area contributed by atoms with E-state index in [2.05, 4.69) is 17.4 Å². The lowest BCUT2D eigenvalue weighted by Crippen LogP contribution is -2.50. The van der Waals surface area contributed by atoms with E-state index in [0.717, 1.165) is 30.2 Å². The maximum atomic E-state index is 12.8. The van der Waals surface area contributed by atoms with Crippen LogP contribution in [0.3, 0.4) is 0 Å². The third-order valence-electron chi connectivity index (χ3n) is 4.65. The molecule has 2 aromatic rings. The van der Waals surface area contributed by atoms with Crippen molar-refractivity contribution in [2.75, 3.05) is 10.6 Å². The lowest BCUT2D eigenvalue weighted by molar-refractivity contribution is -0.122. The minimum atomic E-state index is -3.61. The molecule has 2 atom stereocenters. The Morgan fingerprint density at radius 2 is 1.61 bits per heavy atom. The highest BCUT2D eigenvalue weighted by Gasteiger charge is 2.29. The van der Waals surface area contributed by atoms with E-state index in [0.29, 0.717) is 5.69 Å². The van der Waals surface area contributed by atoms with Gasteiger partial charge in [0.15, 0.2) is 0 Å². The quantitative estimate of drug-likeness (QED) is 0.734. The summed E-state index contributed by atoms with van der Waals surface area (Å²) in [6.07, 6.45) is 2.77. The van der Waals surface area contributed by atoms with Gasteiger partial charge in [0.05, 0.1) is 11.9 Å². The van der Waals surface area contributed by atoms with Crippen LogP contribution in [-0.2, 0) is 21.2 Å². The van der Waals surface area contributed by atoms with Crippen LogP contribution in [0.25, 0.3) is 0 Å². The van der Waals surface area contributed by atoms with Crippen LogP contribution < -0.4 is 9.62 Å². The van der Waals surface area contributed by atoms with E-state index in [1.54, 1.807) is 19.1 Å². The highest BCUT2D eigenvalue weighted by molar-refractivity contribution is 7.92. The smallest absolute Gasteiger partial charge is 0.243 e. The molecule has 0 spiro atoms. The summed E-state index contributed by atoms with van der Waals surface area (Å²) in [5.74, 6) is -0.301. The number of carbonyl (C=O) groups is 1. The van der Waals surface area contributed by atoms with Crippen LogP contribution in [0.1, 0.15) is 37.0 Å². The summed E-state index contributed by atoms with van der Waals surface area (Å²) in [7, 11) is -3.61. The first kappa shape index (κ1) is 22.0. The number of hydrogen-bond donors (Lipinski definition) is 1. The van der Waals surface area contributed by atoms with E-state index in [1.165, 1.54) is 9.87 Å². The van der Waals surface area contributed by atoms with E-state index >= 15 is 0 Å². The predicted molar refractivity (Wildman–Crippen MR) is 115 cm³/mol. The van der Waals surface area contributed by atoms with Crippen molar-refractivity contribution in [2.24, 2.45) is 0 Å². The van der Waals surface area contributed by atoms with E-state index in [9.17, 15) is 13.2 Å². The minimum absolute atomic E-state index is 0.0594. The molecule has 152 valence electrons. The zero-order valence-corrected chi connectivity index (χ0v) is 18.1. The molecule has 0 saturated carbocycles. The number of aryl methyl sites for hydroxylation is 3. The van der Waals surface area contributed by atoms with Crippen LogP contribution >= 0.6 is 0 Å². The van der Waals surface area contributed by atoms with Gasteiger partial charge in [0.25, 0.3) is 0 Å². The Labute approximate surface area is 168 Å². The second-order valence-electron chi connectivity index (χ2n) is 7.51. The van der Waals surface area contributed by atoms with Gasteiger partial charge in [-0.15, -0.1) is 0 Å². The van der Waals surface area contributed by atoms with Crippen molar-refractivity contribution < 1.29 is 13.2 Å². The Morgan fingerprint density at radius 3 is 2.14 bits per heavy atom. The Balaban J connectivity index is 2.11. The average Bonchev–Trinajstić information content (AvgIpc) is 2.59. The van der Waals surface area contributed by atoms with Crippen LogP contribution in [0.5, 0.6) is 0 Å². The van der Waals surface area contributed by atoms with E-state index in [4.69, 9.17) is 0 Å². The summed E-state index contributed by atoms with van der Waals surface area (Å²) in [4.78, 5) is 12.8. The molecule has 0 radical (unpaired) electrons. The SMILES string of the molecule is Cc1cc(C)cc(N([C@@H](C)C(=O)N[C@@H](C)CCc2ccccc2)S(C)(=O)=O)c1. The van der Waals surface area contributed by atoms with Gasteiger partial charge in [-0.3, -0.25) is 9.10 Å². The first-order valence-corrected chi connectivity index (χ1v) is 11.3. The average molecular weight is 403 g/mol. The fourth-order valence-corrected chi connectivity index (χ4v) is 4.51. The van der Waals surface area contributed by atoms with Crippen molar-refractivity contribution in [3.8, 4) is 0 Å². The summed E-state index contributed by atoms with van der Waals surface area (Å²) >= 11 is 0. The lowest BCUT2D eigenvalue weighted by Gasteiger charge is -2.29. The summed E-state index contributed by atoms with van der Waals surface area (Å²) in [6.45, 7) is 7.38. The molecule has 0 fully saturated rings. The van der Waals surface area contributed by atoms with Crippen molar-refractivity contribution >= 4 is 21.6 Å². The maximum Gasteiger partial charge on any atom is 0.243 e. The summed E-state index contributed by atoms with van der Waals surface area (Å²) in [6, 6.07) is 14.7. The fourth-order valence-electron chi connectivity index (χ4n) is 3.35. The zero-order valence-electron chi connectivity index (χ0n) is 17.3. The second-order valence-corrected chi connectivity index (χ2v) is 9.37. The van der Waals surface area contributed by atoms with Gasteiger partial charge in [-0.25, -0.2) is 8.42 Å². The molecular formula is C22H30N2O3S.